The summed E-state index contributed by atoms with van der Waals surface area (Å²) in [5.74, 6) is 0.441. The van der Waals surface area contributed by atoms with Crippen LogP contribution in [0.3, 0.4) is 0 Å². The molecule has 0 saturated carbocycles. The molecule has 0 fully saturated rings. The van der Waals surface area contributed by atoms with Crippen molar-refractivity contribution in [1.29, 1.82) is 5.26 Å². The molecular formula is C14H11F3N2O2. The Kier molecular flexibility index (Phi) is 4.19. The third-order valence-electron chi connectivity index (χ3n) is 2.86. The minimum Gasteiger partial charge on any atom is -0.467 e. The molecule has 2 aromatic rings. The smallest absolute Gasteiger partial charge is 0.417 e. The van der Waals surface area contributed by atoms with Crippen molar-refractivity contribution >= 4 is 5.69 Å². The van der Waals surface area contributed by atoms with Gasteiger partial charge in [0.05, 0.1) is 30.1 Å². The monoisotopic (exact) mass is 296 g/mol. The average Bonchev–Trinajstić information content (AvgIpc) is 2.97. The second-order valence-corrected chi connectivity index (χ2v) is 4.26. The number of aliphatic hydroxyl groups excluding tert-OH is 1. The summed E-state index contributed by atoms with van der Waals surface area (Å²) in [4.78, 5) is 0. The SMILES string of the molecule is N#Cc1cc(NC(CO)c2ccco2)ccc1C(F)(F)F. The summed E-state index contributed by atoms with van der Waals surface area (Å²) in [6.07, 6.45) is -3.16. The lowest BCUT2D eigenvalue weighted by molar-refractivity contribution is -0.137. The summed E-state index contributed by atoms with van der Waals surface area (Å²) < 4.78 is 43.2. The van der Waals surface area contributed by atoms with E-state index in [0.717, 1.165) is 12.1 Å². The number of anilines is 1. The van der Waals surface area contributed by atoms with Crippen molar-refractivity contribution in [3.05, 3.63) is 53.5 Å². The lowest BCUT2D eigenvalue weighted by Gasteiger charge is -2.16. The second-order valence-electron chi connectivity index (χ2n) is 4.26. The Morgan fingerprint density at radius 1 is 1.33 bits per heavy atom. The van der Waals surface area contributed by atoms with Gasteiger partial charge in [-0.1, -0.05) is 0 Å². The van der Waals surface area contributed by atoms with Gasteiger partial charge in [0.1, 0.15) is 11.8 Å². The first kappa shape index (κ1) is 14.9. The molecular weight excluding hydrogens is 285 g/mol. The zero-order chi connectivity index (χ0) is 15.5. The zero-order valence-corrected chi connectivity index (χ0v) is 10.7. The highest BCUT2D eigenvalue weighted by molar-refractivity contribution is 5.54. The number of nitriles is 1. The number of hydrogen-bond acceptors (Lipinski definition) is 4. The van der Waals surface area contributed by atoms with Crippen molar-refractivity contribution in [2.75, 3.05) is 11.9 Å². The number of nitrogens with zero attached hydrogens (tertiary/aromatic N) is 1. The Morgan fingerprint density at radius 2 is 2.10 bits per heavy atom. The molecule has 0 aliphatic rings. The fourth-order valence-electron chi connectivity index (χ4n) is 1.87. The fraction of sp³-hybridized carbons (Fsp3) is 0.214. The Bertz CT molecular complexity index is 645. The lowest BCUT2D eigenvalue weighted by Crippen LogP contribution is -2.15. The Hall–Kier alpha value is -2.46. The van der Waals surface area contributed by atoms with Gasteiger partial charge in [-0.2, -0.15) is 18.4 Å². The van der Waals surface area contributed by atoms with Crippen LogP contribution in [0.4, 0.5) is 18.9 Å². The average molecular weight is 296 g/mol. The summed E-state index contributed by atoms with van der Waals surface area (Å²) in [6.45, 7) is -0.309. The van der Waals surface area contributed by atoms with Crippen molar-refractivity contribution in [3.8, 4) is 6.07 Å². The number of halogens is 3. The summed E-state index contributed by atoms with van der Waals surface area (Å²) in [6, 6.07) is 7.30. The minimum atomic E-state index is -4.58. The molecule has 1 aromatic heterocycles. The number of hydrogen-bond donors (Lipinski definition) is 2. The number of alkyl halides is 3. The van der Waals surface area contributed by atoms with Crippen LogP contribution in [-0.4, -0.2) is 11.7 Å². The molecule has 1 atom stereocenters. The number of furan rings is 1. The molecule has 7 heteroatoms. The van der Waals surface area contributed by atoms with E-state index >= 15 is 0 Å². The quantitative estimate of drug-likeness (QED) is 0.908. The Labute approximate surface area is 118 Å². The van der Waals surface area contributed by atoms with Gasteiger partial charge in [0.15, 0.2) is 0 Å². The van der Waals surface area contributed by atoms with Crippen LogP contribution in [-0.2, 0) is 6.18 Å². The minimum absolute atomic E-state index is 0.287. The van der Waals surface area contributed by atoms with Gasteiger partial charge in [-0.3, -0.25) is 0 Å². The van der Waals surface area contributed by atoms with Gasteiger partial charge in [-0.25, -0.2) is 0 Å². The van der Waals surface area contributed by atoms with E-state index in [1.165, 1.54) is 18.4 Å². The van der Waals surface area contributed by atoms with Gasteiger partial charge < -0.3 is 14.8 Å². The van der Waals surface area contributed by atoms with E-state index in [9.17, 15) is 18.3 Å². The molecule has 0 aliphatic heterocycles. The van der Waals surface area contributed by atoms with Crippen molar-refractivity contribution in [2.24, 2.45) is 0 Å². The highest BCUT2D eigenvalue weighted by Crippen LogP contribution is 2.33. The Morgan fingerprint density at radius 3 is 2.62 bits per heavy atom. The van der Waals surface area contributed by atoms with Crippen LogP contribution in [0, 0.1) is 11.3 Å². The van der Waals surface area contributed by atoms with Crippen molar-refractivity contribution in [1.82, 2.24) is 0 Å². The van der Waals surface area contributed by atoms with Crippen LogP contribution in [0.25, 0.3) is 0 Å². The van der Waals surface area contributed by atoms with Crippen molar-refractivity contribution in [2.45, 2.75) is 12.2 Å². The Balaban J connectivity index is 2.28. The summed E-state index contributed by atoms with van der Waals surface area (Å²) in [5, 5.41) is 21.0. The first-order valence-electron chi connectivity index (χ1n) is 5.98. The van der Waals surface area contributed by atoms with Crippen molar-refractivity contribution < 1.29 is 22.7 Å². The zero-order valence-electron chi connectivity index (χ0n) is 10.7. The molecule has 1 heterocycles. The van der Waals surface area contributed by atoms with Crippen LogP contribution in [0.1, 0.15) is 22.9 Å². The maximum atomic E-state index is 12.7. The molecule has 0 radical (unpaired) electrons. The molecule has 0 aliphatic carbocycles. The van der Waals surface area contributed by atoms with Crippen LogP contribution in [0.2, 0.25) is 0 Å². The van der Waals surface area contributed by atoms with E-state index in [0.29, 0.717) is 5.76 Å². The van der Waals surface area contributed by atoms with E-state index in [4.69, 9.17) is 9.68 Å². The van der Waals surface area contributed by atoms with Gasteiger partial charge in [-0.05, 0) is 30.3 Å². The highest BCUT2D eigenvalue weighted by atomic mass is 19.4. The molecule has 0 spiro atoms. The topological polar surface area (TPSA) is 69.2 Å². The van der Waals surface area contributed by atoms with E-state index in [1.807, 2.05) is 0 Å². The van der Waals surface area contributed by atoms with Gasteiger partial charge in [0, 0.05) is 5.69 Å². The standard InChI is InChI=1S/C14H11F3N2O2/c15-14(16,17)11-4-3-10(6-9(11)7-18)19-12(8-20)13-2-1-5-21-13/h1-6,12,19-20H,8H2. The number of benzene rings is 1. The van der Waals surface area contributed by atoms with Crippen LogP contribution < -0.4 is 5.32 Å². The van der Waals surface area contributed by atoms with E-state index < -0.39 is 23.3 Å². The number of nitrogens with one attached hydrogen (secondary N) is 1. The summed E-state index contributed by atoms with van der Waals surface area (Å²) in [7, 11) is 0. The lowest BCUT2D eigenvalue weighted by atomic mass is 10.1. The van der Waals surface area contributed by atoms with Crippen LogP contribution in [0.5, 0.6) is 0 Å². The number of rotatable bonds is 4. The van der Waals surface area contributed by atoms with Gasteiger partial charge in [-0.15, -0.1) is 0 Å². The third kappa shape index (κ3) is 3.35. The van der Waals surface area contributed by atoms with E-state index in [-0.39, 0.29) is 12.3 Å². The molecule has 0 amide bonds. The van der Waals surface area contributed by atoms with Crippen LogP contribution in [0.15, 0.2) is 41.0 Å². The largest absolute Gasteiger partial charge is 0.467 e. The van der Waals surface area contributed by atoms with Crippen LogP contribution >= 0.6 is 0 Å². The maximum Gasteiger partial charge on any atom is 0.417 e. The van der Waals surface area contributed by atoms with E-state index in [2.05, 4.69) is 5.32 Å². The molecule has 2 N–H and O–H groups in total. The van der Waals surface area contributed by atoms with E-state index in [1.54, 1.807) is 12.1 Å². The predicted octanol–water partition coefficient (Wildman–Crippen LogP) is 3.32. The first-order valence-corrected chi connectivity index (χ1v) is 5.98. The molecule has 0 saturated heterocycles. The highest BCUT2D eigenvalue weighted by Gasteiger charge is 2.33. The fourth-order valence-corrected chi connectivity index (χ4v) is 1.87. The first-order chi connectivity index (χ1) is 9.95. The molecule has 2 rings (SSSR count). The summed E-state index contributed by atoms with van der Waals surface area (Å²) in [5.41, 5.74) is -1.19. The van der Waals surface area contributed by atoms with Crippen molar-refractivity contribution in [3.63, 3.8) is 0 Å². The number of aliphatic hydroxyl groups is 1. The predicted molar refractivity (Wildman–Crippen MR) is 68.3 cm³/mol. The molecule has 110 valence electrons. The molecule has 4 nitrogen and oxygen atoms in total. The maximum absolute atomic E-state index is 12.7. The molecule has 21 heavy (non-hydrogen) atoms. The molecule has 0 bridgehead atoms. The van der Waals surface area contributed by atoms with Gasteiger partial charge >= 0.3 is 6.18 Å². The molecule has 1 unspecified atom stereocenters. The molecule has 1 aromatic carbocycles. The second kappa shape index (κ2) is 5.89. The summed E-state index contributed by atoms with van der Waals surface area (Å²) >= 11 is 0. The van der Waals surface area contributed by atoms with Gasteiger partial charge in [0.2, 0.25) is 0 Å². The van der Waals surface area contributed by atoms with Gasteiger partial charge in [0.25, 0.3) is 0 Å². The normalized spacial score (nSPS) is 12.7. The third-order valence-corrected chi connectivity index (χ3v) is 2.86.